The highest BCUT2D eigenvalue weighted by Crippen LogP contribution is 2.35. The number of aromatic amines is 1. The Labute approximate surface area is 346 Å². The van der Waals surface area contributed by atoms with Gasteiger partial charge < -0.3 is 45.5 Å². The number of H-pyrrole nitrogens is 1. The number of amides is 3. The average Bonchev–Trinajstić information content (AvgIpc) is 3.65. The Morgan fingerprint density at radius 3 is 2.45 bits per heavy atom. The first-order chi connectivity index (χ1) is 28.7. The van der Waals surface area contributed by atoms with Crippen LogP contribution in [0.15, 0.2) is 46.5 Å². The molecule has 0 saturated carbocycles. The Bertz CT molecular complexity index is 2050. The van der Waals surface area contributed by atoms with Gasteiger partial charge in [0.05, 0.1) is 32.0 Å². The molecule has 20 heteroatoms. The summed E-state index contributed by atoms with van der Waals surface area (Å²) in [6.07, 6.45) is -1.12. The second-order valence-corrected chi connectivity index (χ2v) is 14.8. The number of rotatable bonds is 24. The Balaban J connectivity index is 1.38. The number of allylic oxidation sites excluding steroid dienone is 1. The van der Waals surface area contributed by atoms with E-state index in [2.05, 4.69) is 32.5 Å². The van der Waals surface area contributed by atoms with Crippen LogP contribution in [-0.4, -0.2) is 111 Å². The van der Waals surface area contributed by atoms with Gasteiger partial charge >= 0.3 is 11.8 Å². The predicted octanol–water partition coefficient (Wildman–Crippen LogP) is 1.54. The number of benzene rings is 1. The minimum Gasteiger partial charge on any atom is -0.444 e. The zero-order chi connectivity index (χ0) is 43.9. The van der Waals surface area contributed by atoms with Gasteiger partial charge in [0.1, 0.15) is 25.5 Å². The van der Waals surface area contributed by atoms with Gasteiger partial charge in [0.25, 0.3) is 5.56 Å². The van der Waals surface area contributed by atoms with E-state index in [0.29, 0.717) is 50.3 Å². The topological polar surface area (TPSA) is 280 Å². The number of aromatic nitrogens is 4. The van der Waals surface area contributed by atoms with Gasteiger partial charge in [0.15, 0.2) is 16.9 Å². The number of carbonyl (C=O) groups excluding carboxylic acids is 4. The fraction of sp³-hybridized carbons (Fsp3) is 0.575. The number of aliphatic hydroxyl groups is 2. The summed E-state index contributed by atoms with van der Waals surface area (Å²) in [6, 6.07) is 5.66. The maximum atomic E-state index is 13.5. The Morgan fingerprint density at radius 1 is 1.10 bits per heavy atom. The van der Waals surface area contributed by atoms with Gasteiger partial charge in [0, 0.05) is 37.1 Å². The molecule has 3 aromatic rings. The van der Waals surface area contributed by atoms with E-state index in [0.717, 1.165) is 9.13 Å². The molecule has 0 radical (unpaired) electrons. The van der Waals surface area contributed by atoms with Crippen LogP contribution in [0.4, 0.5) is 16.4 Å². The third-order valence-electron chi connectivity index (χ3n) is 10.0. The van der Waals surface area contributed by atoms with Crippen LogP contribution in [0.2, 0.25) is 0 Å². The lowest BCUT2D eigenvalue weighted by atomic mass is 9.89. The van der Waals surface area contributed by atoms with E-state index in [9.17, 15) is 39.0 Å². The summed E-state index contributed by atoms with van der Waals surface area (Å²) < 4.78 is 23.9. The maximum absolute atomic E-state index is 13.5. The monoisotopic (exact) mass is 842 g/mol. The fourth-order valence-electron chi connectivity index (χ4n) is 6.81. The van der Waals surface area contributed by atoms with Crippen molar-refractivity contribution in [1.29, 1.82) is 0 Å². The summed E-state index contributed by atoms with van der Waals surface area (Å²) in [5.41, 5.74) is 5.01. The van der Waals surface area contributed by atoms with Crippen molar-refractivity contribution in [3.63, 3.8) is 0 Å². The first kappa shape index (κ1) is 47.4. The number of ketones is 1. The van der Waals surface area contributed by atoms with E-state index < -0.39 is 66.2 Å². The van der Waals surface area contributed by atoms with Gasteiger partial charge in [-0.3, -0.25) is 34.0 Å². The smallest absolute Gasteiger partial charge is 0.414 e. The summed E-state index contributed by atoms with van der Waals surface area (Å²) >= 11 is 0. The van der Waals surface area contributed by atoms with Crippen LogP contribution >= 0.6 is 0 Å². The van der Waals surface area contributed by atoms with Gasteiger partial charge in [-0.15, -0.1) is 6.58 Å². The molecule has 3 heterocycles. The normalized spacial score (nSPS) is 18.6. The van der Waals surface area contributed by atoms with Crippen LogP contribution in [0.3, 0.4) is 0 Å². The lowest BCUT2D eigenvalue weighted by Crippen LogP contribution is -2.46. The summed E-state index contributed by atoms with van der Waals surface area (Å²) in [4.78, 5) is 85.8. The summed E-state index contributed by atoms with van der Waals surface area (Å²) in [6.45, 7) is 11.3. The highest BCUT2D eigenvalue weighted by molar-refractivity contribution is 5.97. The van der Waals surface area contributed by atoms with Crippen LogP contribution in [0.1, 0.15) is 65.2 Å². The van der Waals surface area contributed by atoms with E-state index in [-0.39, 0.29) is 67.5 Å². The van der Waals surface area contributed by atoms with Gasteiger partial charge in [-0.1, -0.05) is 45.4 Å². The van der Waals surface area contributed by atoms with Crippen molar-refractivity contribution in [3.05, 3.63) is 63.3 Å². The van der Waals surface area contributed by atoms with E-state index in [4.69, 9.17) is 24.7 Å². The number of carbonyl (C=O) groups is 4. The van der Waals surface area contributed by atoms with E-state index in [1.54, 1.807) is 31.2 Å². The summed E-state index contributed by atoms with van der Waals surface area (Å²) in [5, 5.41) is 28.1. The zero-order valence-corrected chi connectivity index (χ0v) is 34.5. The van der Waals surface area contributed by atoms with Crippen LogP contribution in [0, 0.1) is 17.8 Å². The molecule has 0 bridgehead atoms. The van der Waals surface area contributed by atoms with Gasteiger partial charge in [-0.25, -0.2) is 14.2 Å². The summed E-state index contributed by atoms with van der Waals surface area (Å²) in [7, 11) is 0. The molecule has 1 aliphatic heterocycles. The zero-order valence-electron chi connectivity index (χ0n) is 34.5. The van der Waals surface area contributed by atoms with Gasteiger partial charge in [-0.2, -0.15) is 4.98 Å². The Hall–Kier alpha value is -5.25. The van der Waals surface area contributed by atoms with Crippen molar-refractivity contribution in [2.24, 2.45) is 23.5 Å². The summed E-state index contributed by atoms with van der Waals surface area (Å²) in [5.74, 6) is -3.01. The second kappa shape index (κ2) is 22.9. The molecule has 0 spiro atoms. The molecule has 4 rings (SSSR count). The predicted molar refractivity (Wildman–Crippen MR) is 220 cm³/mol. The Kier molecular flexibility index (Phi) is 18.1. The molecule has 0 unspecified atom stereocenters. The molecular weight excluding hydrogens is 784 g/mol. The number of nitrogens with two attached hydrogens (primary N) is 1. The van der Waals surface area contributed by atoms with Gasteiger partial charge in [-0.05, 0) is 49.9 Å². The Morgan fingerprint density at radius 2 is 1.82 bits per heavy atom. The van der Waals surface area contributed by atoms with Crippen molar-refractivity contribution >= 4 is 46.5 Å². The van der Waals surface area contributed by atoms with E-state index in [1.807, 2.05) is 20.8 Å². The average molecular weight is 843 g/mol. The fourth-order valence-corrected chi connectivity index (χ4v) is 6.81. The van der Waals surface area contributed by atoms with Crippen LogP contribution in [0.25, 0.3) is 11.2 Å². The second-order valence-electron chi connectivity index (χ2n) is 14.8. The largest absolute Gasteiger partial charge is 0.444 e. The van der Waals surface area contributed by atoms with Crippen molar-refractivity contribution in [1.82, 2.24) is 24.4 Å². The van der Waals surface area contributed by atoms with E-state index in [1.165, 1.54) is 6.08 Å². The molecule has 1 aliphatic rings. The molecule has 1 saturated heterocycles. The standard InChI is InChI=1S/C40H58N8O12/c1-6-16-47-32-34(48(40(47)56)37-24(5)33(52)29(20-49)60-37)44-38(45-36(32)54)46-39(55)59-21-25-11-13-27(14-12-25)42-35(53)26(10-8-9-15-41)19-28(50)31(23(3)4)43-30(51)22-58-18-17-57-7-2/h6,11-14,23-24,26,29,31,33,37,49,52H,1,7-10,15-22,41H2,2-5H3,(H,42,53)(H,43,51)(H2,44,45,46,54,55)/t24-,26-,29-,31+,33+,37-/m1/s1. The molecule has 2 aromatic heterocycles. The number of anilines is 2. The number of hydrogen-bond acceptors (Lipinski definition) is 14. The number of fused-ring (bicyclic) bond motifs is 1. The first-order valence-corrected chi connectivity index (χ1v) is 20.1. The molecule has 0 aliphatic carbocycles. The molecule has 330 valence electrons. The minimum absolute atomic E-state index is 0.0424. The van der Waals surface area contributed by atoms with Crippen LogP contribution in [-0.2, 0) is 46.5 Å². The number of unbranched alkanes of at least 4 members (excludes halogenated alkanes) is 1. The lowest BCUT2D eigenvalue weighted by Gasteiger charge is -2.24. The van der Waals surface area contributed by atoms with Crippen LogP contribution in [0.5, 0.6) is 0 Å². The number of nitrogens with one attached hydrogen (secondary N) is 4. The first-order valence-electron chi connectivity index (χ1n) is 20.1. The lowest BCUT2D eigenvalue weighted by molar-refractivity contribution is -0.133. The van der Waals surface area contributed by atoms with Crippen molar-refractivity contribution in [2.75, 3.05) is 50.2 Å². The highest BCUT2D eigenvalue weighted by atomic mass is 16.6. The molecule has 3 amide bonds. The third-order valence-corrected chi connectivity index (χ3v) is 10.0. The van der Waals surface area contributed by atoms with Crippen molar-refractivity contribution in [2.45, 2.75) is 91.0 Å². The number of imidazole rings is 1. The van der Waals surface area contributed by atoms with Gasteiger partial charge in [0.2, 0.25) is 17.8 Å². The number of hydrogen-bond donors (Lipinski definition) is 7. The number of ether oxygens (including phenoxy) is 4. The number of nitrogens with zero attached hydrogens (tertiary/aromatic N) is 3. The quantitative estimate of drug-likeness (QED) is 0.0498. The molecule has 20 nitrogen and oxygen atoms in total. The maximum Gasteiger partial charge on any atom is 0.414 e. The molecule has 60 heavy (non-hydrogen) atoms. The molecule has 6 atom stereocenters. The third kappa shape index (κ3) is 12.4. The molecule has 1 aromatic carbocycles. The molecule has 1 fully saturated rings. The van der Waals surface area contributed by atoms with Crippen molar-refractivity contribution < 1.29 is 48.3 Å². The minimum atomic E-state index is -1.10. The molecule has 8 N–H and O–H groups in total. The van der Waals surface area contributed by atoms with Crippen molar-refractivity contribution in [3.8, 4) is 0 Å². The number of aliphatic hydroxyl groups excluding tert-OH is 2. The van der Waals surface area contributed by atoms with Crippen LogP contribution < -0.4 is 32.9 Å². The molecular formula is C40H58N8O12. The SMILES string of the molecule is C=CCn1c(=O)n([C@@H]2O[C@H](CO)[C@@H](O)[C@H]2C)c2nc(NC(=O)OCc3ccc(NC(=O)[C@H](CCCCN)CC(=O)[C@@H](NC(=O)COCCOCC)C(C)C)cc3)[nH]c(=O)c21. The highest BCUT2D eigenvalue weighted by Gasteiger charge is 2.43. The van der Waals surface area contributed by atoms with E-state index >= 15 is 0 Å². The number of Topliss-reactive ketones (excluding diaryl/α,β-unsaturated/α-hetero) is 1.